The van der Waals surface area contributed by atoms with Crippen LogP contribution in [0.3, 0.4) is 0 Å². The molecule has 4 rings (SSSR count). The Hall–Kier alpha value is -3.73. The molecule has 1 fully saturated rings. The standard InChI is InChI=1S/C35H45N3O6S/c1-26(2)44-23-7-22-36-35(40)33(24-28-8-5-4-6-9-28)38(25-29-10-17-31(43-3)18-11-29)34(39)21-14-27-12-19-32(20-13-27)45(41,42)37-30-15-16-30/h4-6,8-13,17-20,26,30,33,37H,7,14-16,21-25H2,1-3H3,(H,36,40). The average Bonchev–Trinajstić information content (AvgIpc) is 3.85. The van der Waals surface area contributed by atoms with Gasteiger partial charge in [0.15, 0.2) is 0 Å². The number of amides is 2. The first-order chi connectivity index (χ1) is 21.6. The average molecular weight is 636 g/mol. The van der Waals surface area contributed by atoms with Gasteiger partial charge in [-0.1, -0.05) is 54.6 Å². The van der Waals surface area contributed by atoms with Gasteiger partial charge in [-0.15, -0.1) is 0 Å². The summed E-state index contributed by atoms with van der Waals surface area (Å²) in [5, 5.41) is 3.03. The molecule has 0 heterocycles. The summed E-state index contributed by atoms with van der Waals surface area (Å²) in [4.78, 5) is 29.6. The maximum Gasteiger partial charge on any atom is 0.243 e. The van der Waals surface area contributed by atoms with Crippen molar-refractivity contribution in [2.75, 3.05) is 20.3 Å². The van der Waals surface area contributed by atoms with Crippen molar-refractivity contribution in [2.24, 2.45) is 0 Å². The van der Waals surface area contributed by atoms with Crippen LogP contribution in [-0.4, -0.2) is 63.6 Å². The molecule has 1 aliphatic carbocycles. The van der Waals surface area contributed by atoms with Gasteiger partial charge in [-0.3, -0.25) is 9.59 Å². The Morgan fingerprint density at radius 2 is 1.58 bits per heavy atom. The number of nitrogens with zero attached hydrogens (tertiary/aromatic N) is 1. The highest BCUT2D eigenvalue weighted by atomic mass is 32.2. The van der Waals surface area contributed by atoms with Crippen LogP contribution in [-0.2, 0) is 43.7 Å². The van der Waals surface area contributed by atoms with Crippen LogP contribution in [0.2, 0.25) is 0 Å². The molecule has 2 N–H and O–H groups in total. The Morgan fingerprint density at radius 1 is 0.911 bits per heavy atom. The zero-order valence-corrected chi connectivity index (χ0v) is 27.2. The van der Waals surface area contributed by atoms with Crippen molar-refractivity contribution in [3.63, 3.8) is 0 Å². The molecule has 45 heavy (non-hydrogen) atoms. The van der Waals surface area contributed by atoms with E-state index in [1.165, 1.54) is 0 Å². The smallest absolute Gasteiger partial charge is 0.243 e. The van der Waals surface area contributed by atoms with E-state index in [1.807, 2.05) is 68.4 Å². The lowest BCUT2D eigenvalue weighted by Gasteiger charge is -2.32. The van der Waals surface area contributed by atoms with Crippen LogP contribution in [0, 0.1) is 0 Å². The van der Waals surface area contributed by atoms with Crippen molar-refractivity contribution in [1.82, 2.24) is 14.9 Å². The molecule has 1 aliphatic rings. The first-order valence-corrected chi connectivity index (χ1v) is 17.1. The van der Waals surface area contributed by atoms with E-state index < -0.39 is 16.1 Å². The molecule has 9 nitrogen and oxygen atoms in total. The zero-order chi connectivity index (χ0) is 32.2. The number of rotatable bonds is 18. The highest BCUT2D eigenvalue weighted by molar-refractivity contribution is 7.89. The number of hydrogen-bond acceptors (Lipinski definition) is 6. The number of ether oxygens (including phenoxy) is 2. The second-order valence-electron chi connectivity index (χ2n) is 11.7. The Balaban J connectivity index is 1.52. The lowest BCUT2D eigenvalue weighted by atomic mass is 10.0. The Bertz CT molecular complexity index is 1470. The fourth-order valence-corrected chi connectivity index (χ4v) is 6.23. The van der Waals surface area contributed by atoms with Gasteiger partial charge in [-0.25, -0.2) is 13.1 Å². The predicted octanol–water partition coefficient (Wildman–Crippen LogP) is 4.64. The number of sulfonamides is 1. The lowest BCUT2D eigenvalue weighted by molar-refractivity contribution is -0.141. The third kappa shape index (κ3) is 11.0. The minimum atomic E-state index is -3.55. The van der Waals surface area contributed by atoms with Crippen LogP contribution >= 0.6 is 0 Å². The quantitative estimate of drug-likeness (QED) is 0.197. The van der Waals surface area contributed by atoms with Gasteiger partial charge in [-0.2, -0.15) is 0 Å². The van der Waals surface area contributed by atoms with Crippen molar-refractivity contribution in [3.05, 3.63) is 95.6 Å². The van der Waals surface area contributed by atoms with Crippen molar-refractivity contribution < 1.29 is 27.5 Å². The van der Waals surface area contributed by atoms with Crippen LogP contribution in [0.15, 0.2) is 83.8 Å². The largest absolute Gasteiger partial charge is 0.497 e. The summed E-state index contributed by atoms with van der Waals surface area (Å²) >= 11 is 0. The number of carbonyl (C=O) groups is 2. The van der Waals surface area contributed by atoms with E-state index in [-0.39, 0.29) is 41.8 Å². The van der Waals surface area contributed by atoms with E-state index >= 15 is 0 Å². The monoisotopic (exact) mass is 635 g/mol. The van der Waals surface area contributed by atoms with E-state index in [1.54, 1.807) is 36.3 Å². The fraction of sp³-hybridized carbons (Fsp3) is 0.429. The van der Waals surface area contributed by atoms with Crippen LogP contribution in [0.25, 0.3) is 0 Å². The van der Waals surface area contributed by atoms with Crippen molar-refractivity contribution in [2.45, 2.75) is 82.0 Å². The van der Waals surface area contributed by atoms with Crippen LogP contribution < -0.4 is 14.8 Å². The molecule has 0 aliphatic heterocycles. The number of aryl methyl sites for hydroxylation is 1. The molecule has 1 saturated carbocycles. The maximum atomic E-state index is 14.0. The van der Waals surface area contributed by atoms with E-state index in [0.717, 1.165) is 29.5 Å². The Kier molecular flexibility index (Phi) is 12.6. The normalized spacial score (nSPS) is 13.8. The van der Waals surface area contributed by atoms with Crippen LogP contribution in [0.1, 0.15) is 56.2 Å². The fourth-order valence-electron chi connectivity index (χ4n) is 4.92. The summed E-state index contributed by atoms with van der Waals surface area (Å²) in [5.74, 6) is 0.316. The molecular formula is C35H45N3O6S. The summed E-state index contributed by atoms with van der Waals surface area (Å²) in [6, 6.07) is 23.1. The summed E-state index contributed by atoms with van der Waals surface area (Å²) in [6.07, 6.45) is 3.42. The summed E-state index contributed by atoms with van der Waals surface area (Å²) in [7, 11) is -1.95. The third-order valence-corrected chi connectivity index (χ3v) is 9.15. The van der Waals surface area contributed by atoms with E-state index in [2.05, 4.69) is 10.0 Å². The molecule has 1 unspecified atom stereocenters. The van der Waals surface area contributed by atoms with E-state index in [4.69, 9.17) is 9.47 Å². The highest BCUT2D eigenvalue weighted by Crippen LogP contribution is 2.23. The number of hydrogen-bond donors (Lipinski definition) is 2. The molecular weight excluding hydrogens is 590 g/mol. The Labute approximate surface area is 267 Å². The van der Waals surface area contributed by atoms with Gasteiger partial charge in [0, 0.05) is 38.6 Å². The van der Waals surface area contributed by atoms with Gasteiger partial charge < -0.3 is 19.7 Å². The van der Waals surface area contributed by atoms with E-state index in [9.17, 15) is 18.0 Å². The maximum absolute atomic E-state index is 14.0. The van der Waals surface area contributed by atoms with E-state index in [0.29, 0.717) is 38.2 Å². The molecule has 3 aromatic carbocycles. The minimum Gasteiger partial charge on any atom is -0.497 e. The molecule has 0 saturated heterocycles. The Morgan fingerprint density at radius 3 is 2.20 bits per heavy atom. The summed E-state index contributed by atoms with van der Waals surface area (Å²) in [5.41, 5.74) is 2.66. The first-order valence-electron chi connectivity index (χ1n) is 15.6. The molecule has 3 aromatic rings. The van der Waals surface area contributed by atoms with Crippen LogP contribution in [0.5, 0.6) is 5.75 Å². The second-order valence-corrected chi connectivity index (χ2v) is 13.4. The van der Waals surface area contributed by atoms with Gasteiger partial charge in [0.25, 0.3) is 0 Å². The molecule has 10 heteroatoms. The van der Waals surface area contributed by atoms with Gasteiger partial charge in [0.05, 0.1) is 18.1 Å². The minimum absolute atomic E-state index is 0.0263. The molecule has 0 bridgehead atoms. The highest BCUT2D eigenvalue weighted by Gasteiger charge is 2.31. The van der Waals surface area contributed by atoms with Gasteiger partial charge in [-0.05, 0) is 80.5 Å². The molecule has 1 atom stereocenters. The topological polar surface area (TPSA) is 114 Å². The number of benzene rings is 3. The zero-order valence-electron chi connectivity index (χ0n) is 26.4. The number of nitrogens with one attached hydrogen (secondary N) is 2. The SMILES string of the molecule is COc1ccc(CN(C(=O)CCc2ccc(S(=O)(=O)NC3CC3)cc2)C(Cc2ccccc2)C(=O)NCCCOC(C)C)cc1. The van der Waals surface area contributed by atoms with Crippen molar-refractivity contribution in [1.29, 1.82) is 0 Å². The molecule has 0 spiro atoms. The van der Waals surface area contributed by atoms with Crippen molar-refractivity contribution >= 4 is 21.8 Å². The second kappa shape index (κ2) is 16.5. The predicted molar refractivity (Wildman–Crippen MR) is 174 cm³/mol. The molecule has 242 valence electrons. The van der Waals surface area contributed by atoms with Crippen LogP contribution in [0.4, 0.5) is 0 Å². The van der Waals surface area contributed by atoms with Crippen molar-refractivity contribution in [3.8, 4) is 5.75 Å². The first kappa shape index (κ1) is 34.1. The lowest BCUT2D eigenvalue weighted by Crippen LogP contribution is -2.50. The number of carbonyl (C=O) groups excluding carboxylic acids is 2. The van der Waals surface area contributed by atoms with Gasteiger partial charge in [0.1, 0.15) is 11.8 Å². The third-order valence-electron chi connectivity index (χ3n) is 7.61. The van der Waals surface area contributed by atoms with Gasteiger partial charge in [0.2, 0.25) is 21.8 Å². The summed E-state index contributed by atoms with van der Waals surface area (Å²) < 4.78 is 38.8. The molecule has 0 radical (unpaired) electrons. The molecule has 2 amide bonds. The summed E-state index contributed by atoms with van der Waals surface area (Å²) in [6.45, 7) is 5.16. The number of methoxy groups -OCH3 is 1. The molecule has 0 aromatic heterocycles. The van der Waals surface area contributed by atoms with Gasteiger partial charge >= 0.3 is 0 Å².